The van der Waals surface area contributed by atoms with Crippen molar-refractivity contribution in [3.8, 4) is 0 Å². The molecule has 1 rings (SSSR count). The predicted octanol–water partition coefficient (Wildman–Crippen LogP) is -0.512. The molecule has 9 nitrogen and oxygen atoms in total. The van der Waals surface area contributed by atoms with Crippen LogP contribution in [0.4, 0.5) is 4.79 Å². The first-order valence-corrected chi connectivity index (χ1v) is 6.40. The summed E-state index contributed by atoms with van der Waals surface area (Å²) in [6.07, 6.45) is -2.27. The van der Waals surface area contributed by atoms with Gasteiger partial charge in [0.2, 0.25) is 6.10 Å². The van der Waals surface area contributed by atoms with E-state index >= 15 is 0 Å². The SMILES string of the molecule is C[C@H]1[C@H](NC(=O)OC(C)(C)C)C(=O)N1OC(CO)C(=O)O. The van der Waals surface area contributed by atoms with E-state index in [1.807, 2.05) is 0 Å². The van der Waals surface area contributed by atoms with Gasteiger partial charge in [-0.2, -0.15) is 0 Å². The van der Waals surface area contributed by atoms with E-state index in [0.29, 0.717) is 0 Å². The second-order valence-corrected chi connectivity index (χ2v) is 5.64. The highest BCUT2D eigenvalue weighted by Gasteiger charge is 2.48. The van der Waals surface area contributed by atoms with Crippen LogP contribution >= 0.6 is 0 Å². The third kappa shape index (κ3) is 4.30. The van der Waals surface area contributed by atoms with Crippen LogP contribution < -0.4 is 5.32 Å². The Morgan fingerprint density at radius 1 is 1.43 bits per heavy atom. The molecule has 0 radical (unpaired) electrons. The molecule has 0 bridgehead atoms. The summed E-state index contributed by atoms with van der Waals surface area (Å²) >= 11 is 0. The van der Waals surface area contributed by atoms with Crippen LogP contribution in [0, 0.1) is 0 Å². The standard InChI is InChI=1S/C12H20N2O7/c1-6-8(13-11(19)20-12(2,3)4)9(16)14(6)21-7(5-15)10(17)18/h6-8,15H,5H2,1-4H3,(H,13,19)(H,17,18)/t6-,7?,8-/m0/s1. The molecule has 1 unspecified atom stereocenters. The van der Waals surface area contributed by atoms with Crippen molar-refractivity contribution in [2.45, 2.75) is 51.5 Å². The predicted molar refractivity (Wildman–Crippen MR) is 69.1 cm³/mol. The third-order valence-corrected chi connectivity index (χ3v) is 2.69. The van der Waals surface area contributed by atoms with Gasteiger partial charge in [-0.05, 0) is 27.7 Å². The molecule has 1 saturated heterocycles. The number of carboxylic acids is 1. The number of hydroxylamine groups is 2. The molecule has 21 heavy (non-hydrogen) atoms. The highest BCUT2D eigenvalue weighted by Crippen LogP contribution is 2.22. The number of aliphatic carboxylic acids is 1. The third-order valence-electron chi connectivity index (χ3n) is 2.69. The molecule has 120 valence electrons. The minimum Gasteiger partial charge on any atom is -0.479 e. The van der Waals surface area contributed by atoms with Crippen molar-refractivity contribution in [3.05, 3.63) is 0 Å². The molecular formula is C12H20N2O7. The number of amides is 2. The molecule has 1 aliphatic heterocycles. The molecule has 0 spiro atoms. The van der Waals surface area contributed by atoms with Crippen molar-refractivity contribution in [3.63, 3.8) is 0 Å². The normalized spacial score (nSPS) is 23.3. The van der Waals surface area contributed by atoms with Gasteiger partial charge in [0.05, 0.1) is 12.6 Å². The van der Waals surface area contributed by atoms with E-state index < -0.39 is 48.4 Å². The lowest BCUT2D eigenvalue weighted by Gasteiger charge is -2.44. The zero-order valence-corrected chi connectivity index (χ0v) is 12.3. The number of aliphatic hydroxyl groups excluding tert-OH is 1. The van der Waals surface area contributed by atoms with E-state index in [4.69, 9.17) is 19.8 Å². The van der Waals surface area contributed by atoms with E-state index in [1.54, 1.807) is 27.7 Å². The van der Waals surface area contributed by atoms with Gasteiger partial charge in [-0.3, -0.25) is 9.63 Å². The zero-order valence-electron chi connectivity index (χ0n) is 12.3. The smallest absolute Gasteiger partial charge is 0.408 e. The largest absolute Gasteiger partial charge is 0.479 e. The van der Waals surface area contributed by atoms with Gasteiger partial charge in [0.1, 0.15) is 11.6 Å². The molecular weight excluding hydrogens is 284 g/mol. The molecule has 2 amide bonds. The lowest BCUT2D eigenvalue weighted by molar-refractivity contribution is -0.256. The Morgan fingerprint density at radius 3 is 2.38 bits per heavy atom. The number of hydrogen-bond acceptors (Lipinski definition) is 6. The van der Waals surface area contributed by atoms with Crippen molar-refractivity contribution >= 4 is 18.0 Å². The molecule has 0 aliphatic carbocycles. The molecule has 1 heterocycles. The minimum atomic E-state index is -1.53. The minimum absolute atomic E-state index is 0.571. The van der Waals surface area contributed by atoms with Crippen molar-refractivity contribution in [2.24, 2.45) is 0 Å². The van der Waals surface area contributed by atoms with Crippen LogP contribution in [-0.2, 0) is 19.2 Å². The van der Waals surface area contributed by atoms with Gasteiger partial charge in [0.15, 0.2) is 0 Å². The quantitative estimate of drug-likeness (QED) is 0.584. The lowest BCUT2D eigenvalue weighted by atomic mass is 10.0. The monoisotopic (exact) mass is 304 g/mol. The molecule has 9 heteroatoms. The fraction of sp³-hybridized carbons (Fsp3) is 0.750. The van der Waals surface area contributed by atoms with Crippen LogP contribution in [0.1, 0.15) is 27.7 Å². The van der Waals surface area contributed by atoms with Gasteiger partial charge in [-0.25, -0.2) is 14.7 Å². The van der Waals surface area contributed by atoms with Crippen LogP contribution in [0.2, 0.25) is 0 Å². The lowest BCUT2D eigenvalue weighted by Crippen LogP contribution is -2.70. The number of ether oxygens (including phenoxy) is 1. The summed E-state index contributed by atoms with van der Waals surface area (Å²) in [5, 5.41) is 20.8. The van der Waals surface area contributed by atoms with Crippen LogP contribution in [0.5, 0.6) is 0 Å². The Bertz CT molecular complexity index is 432. The van der Waals surface area contributed by atoms with E-state index in [2.05, 4.69) is 5.32 Å². The van der Waals surface area contributed by atoms with Gasteiger partial charge >= 0.3 is 12.1 Å². The maximum Gasteiger partial charge on any atom is 0.408 e. The number of β-lactam (4-membered cyclic amide) rings is 1. The number of alkyl carbamates (subject to hydrolysis) is 1. The van der Waals surface area contributed by atoms with Crippen LogP contribution in [0.15, 0.2) is 0 Å². The van der Waals surface area contributed by atoms with Crippen molar-refractivity contribution in [1.82, 2.24) is 10.4 Å². The molecule has 1 aliphatic rings. The summed E-state index contributed by atoms with van der Waals surface area (Å²) in [6.45, 7) is 5.86. The Labute approximate surface area is 121 Å². The summed E-state index contributed by atoms with van der Waals surface area (Å²) in [5.41, 5.74) is -0.693. The Kier molecular flexibility index (Phi) is 5.13. The molecule has 0 saturated carbocycles. The summed E-state index contributed by atoms with van der Waals surface area (Å²) in [4.78, 5) is 39.0. The second-order valence-electron chi connectivity index (χ2n) is 5.64. The summed E-state index contributed by atoms with van der Waals surface area (Å²) < 4.78 is 5.02. The van der Waals surface area contributed by atoms with Crippen LogP contribution in [-0.4, -0.2) is 63.6 Å². The number of carboxylic acid groups (broad SMARTS) is 1. The number of carbonyl (C=O) groups is 3. The molecule has 1 fully saturated rings. The average molecular weight is 304 g/mol. The summed E-state index contributed by atoms with van der Waals surface area (Å²) in [6, 6.07) is -1.42. The topological polar surface area (TPSA) is 125 Å². The molecule has 0 aromatic rings. The summed E-state index contributed by atoms with van der Waals surface area (Å²) in [5.74, 6) is -1.99. The maximum absolute atomic E-state index is 11.8. The van der Waals surface area contributed by atoms with Gasteiger partial charge in [-0.15, -0.1) is 0 Å². The first-order chi connectivity index (χ1) is 9.56. The first kappa shape index (κ1) is 17.2. The molecule has 0 aromatic carbocycles. The van der Waals surface area contributed by atoms with Gasteiger partial charge < -0.3 is 20.3 Å². The number of nitrogens with one attached hydrogen (secondary N) is 1. The molecule has 0 aromatic heterocycles. The Balaban J connectivity index is 2.54. The Morgan fingerprint density at radius 2 is 2.00 bits per heavy atom. The van der Waals surface area contributed by atoms with E-state index in [1.165, 1.54) is 0 Å². The highest BCUT2D eigenvalue weighted by molar-refractivity contribution is 5.91. The van der Waals surface area contributed by atoms with Gasteiger partial charge in [-0.1, -0.05) is 0 Å². The number of aliphatic hydroxyl groups is 1. The molecule has 3 N–H and O–H groups in total. The maximum atomic E-state index is 11.8. The second kappa shape index (κ2) is 6.27. The van der Waals surface area contributed by atoms with Crippen LogP contribution in [0.25, 0.3) is 0 Å². The van der Waals surface area contributed by atoms with Crippen molar-refractivity contribution < 1.29 is 34.2 Å². The zero-order chi connectivity index (χ0) is 16.4. The molecule has 3 atom stereocenters. The average Bonchev–Trinajstić information content (AvgIpc) is 2.34. The van der Waals surface area contributed by atoms with E-state index in [-0.39, 0.29) is 0 Å². The number of nitrogens with zero attached hydrogens (tertiary/aromatic N) is 1. The number of rotatable bonds is 5. The van der Waals surface area contributed by atoms with Gasteiger partial charge in [0.25, 0.3) is 5.91 Å². The van der Waals surface area contributed by atoms with Crippen LogP contribution in [0.3, 0.4) is 0 Å². The van der Waals surface area contributed by atoms with Crippen molar-refractivity contribution in [1.29, 1.82) is 0 Å². The fourth-order valence-corrected chi connectivity index (χ4v) is 1.66. The van der Waals surface area contributed by atoms with E-state index in [0.717, 1.165) is 5.06 Å². The van der Waals surface area contributed by atoms with Crippen molar-refractivity contribution in [2.75, 3.05) is 6.61 Å². The van der Waals surface area contributed by atoms with E-state index in [9.17, 15) is 14.4 Å². The summed E-state index contributed by atoms with van der Waals surface area (Å²) in [7, 11) is 0. The number of carbonyl (C=O) groups excluding carboxylic acids is 2. The first-order valence-electron chi connectivity index (χ1n) is 6.40. The number of hydrogen-bond donors (Lipinski definition) is 3. The Hall–Kier alpha value is -1.87. The van der Waals surface area contributed by atoms with Gasteiger partial charge in [0, 0.05) is 0 Å². The fourth-order valence-electron chi connectivity index (χ4n) is 1.66. The highest BCUT2D eigenvalue weighted by atomic mass is 16.7.